The first kappa shape index (κ1) is 14.3. The first-order valence-corrected chi connectivity index (χ1v) is 7.43. The number of allylic oxidation sites excluding steroid dienone is 1. The summed E-state index contributed by atoms with van der Waals surface area (Å²) < 4.78 is 0. The van der Waals surface area contributed by atoms with E-state index in [4.69, 9.17) is 0 Å². The van der Waals surface area contributed by atoms with E-state index >= 15 is 0 Å². The first-order chi connectivity index (χ1) is 10.7. The number of aromatic amines is 1. The number of hydrogen-bond acceptors (Lipinski definition) is 2. The Morgan fingerprint density at radius 2 is 2.05 bits per heavy atom. The Labute approximate surface area is 129 Å². The molecule has 0 amide bonds. The summed E-state index contributed by atoms with van der Waals surface area (Å²) in [4.78, 5) is 19.9. The van der Waals surface area contributed by atoms with E-state index in [1.54, 1.807) is 6.20 Å². The number of aryl methyl sites for hydroxylation is 1. The zero-order valence-electron chi connectivity index (χ0n) is 12.8. The fraction of sp³-hybridized carbons (Fsp3) is 0.158. The highest BCUT2D eigenvalue weighted by molar-refractivity contribution is 6.25. The smallest absolute Gasteiger partial charge is 0.163 e. The monoisotopic (exact) mass is 290 g/mol. The minimum atomic E-state index is 0.140. The number of Topliss-reactive ketones (excluding diaryl/α,β-unsaturated/α-hetero) is 1. The Balaban J connectivity index is 2.13. The number of aromatic nitrogens is 2. The highest BCUT2D eigenvalue weighted by Gasteiger charge is 2.13. The summed E-state index contributed by atoms with van der Waals surface area (Å²) in [7, 11) is 0. The number of benzene rings is 1. The minimum absolute atomic E-state index is 0.140. The molecule has 1 N–H and O–H groups in total. The summed E-state index contributed by atoms with van der Waals surface area (Å²) in [5, 5.41) is 1.04. The average Bonchev–Trinajstić information content (AvgIpc) is 2.95. The minimum Gasteiger partial charge on any atom is -0.340 e. The number of nitrogens with zero attached hydrogens (tertiary/aromatic N) is 1. The molecule has 0 unspecified atom stereocenters. The number of fused-ring (bicyclic) bond motifs is 1. The van der Waals surface area contributed by atoms with Gasteiger partial charge in [-0.05, 0) is 42.3 Å². The van der Waals surface area contributed by atoms with E-state index < -0.39 is 0 Å². The van der Waals surface area contributed by atoms with Crippen LogP contribution in [0.3, 0.4) is 0 Å². The summed E-state index contributed by atoms with van der Waals surface area (Å²) in [6.45, 7) is 3.92. The number of rotatable bonds is 4. The molecule has 3 nitrogen and oxygen atoms in total. The van der Waals surface area contributed by atoms with Crippen molar-refractivity contribution >= 4 is 28.5 Å². The van der Waals surface area contributed by atoms with E-state index in [1.165, 1.54) is 0 Å². The van der Waals surface area contributed by atoms with Crippen LogP contribution >= 0.6 is 0 Å². The molecule has 2 heterocycles. The van der Waals surface area contributed by atoms with E-state index in [1.807, 2.05) is 62.4 Å². The van der Waals surface area contributed by atoms with Gasteiger partial charge in [0.15, 0.2) is 5.78 Å². The molecule has 2 aromatic heterocycles. The lowest BCUT2D eigenvalue weighted by molar-refractivity contribution is -0.113. The molecule has 0 spiro atoms. The van der Waals surface area contributed by atoms with Gasteiger partial charge in [-0.15, -0.1) is 0 Å². The second-order valence-corrected chi connectivity index (χ2v) is 5.32. The van der Waals surface area contributed by atoms with Crippen molar-refractivity contribution in [1.82, 2.24) is 9.97 Å². The van der Waals surface area contributed by atoms with Gasteiger partial charge in [0.25, 0.3) is 0 Å². The number of carbonyl (C=O) groups excluding carboxylic acids is 1. The van der Waals surface area contributed by atoms with E-state index in [2.05, 4.69) is 9.97 Å². The van der Waals surface area contributed by atoms with Gasteiger partial charge < -0.3 is 4.98 Å². The first-order valence-electron chi connectivity index (χ1n) is 7.43. The third-order valence-electron chi connectivity index (χ3n) is 3.77. The molecule has 0 aliphatic rings. The van der Waals surface area contributed by atoms with Crippen LogP contribution in [0.25, 0.3) is 22.7 Å². The molecule has 0 aliphatic carbocycles. The summed E-state index contributed by atoms with van der Waals surface area (Å²) in [6.07, 6.45) is 4.17. The lowest BCUT2D eigenvalue weighted by Gasteiger charge is -2.08. The fourth-order valence-corrected chi connectivity index (χ4v) is 2.59. The zero-order chi connectivity index (χ0) is 15.5. The molecule has 0 saturated carbocycles. The fourth-order valence-electron chi connectivity index (χ4n) is 2.59. The van der Waals surface area contributed by atoms with Crippen LogP contribution in [0.2, 0.25) is 0 Å². The van der Waals surface area contributed by atoms with Gasteiger partial charge in [-0.25, -0.2) is 4.98 Å². The Bertz CT molecular complexity index is 826. The zero-order valence-corrected chi connectivity index (χ0v) is 12.8. The van der Waals surface area contributed by atoms with Crippen LogP contribution in [0, 0.1) is 6.92 Å². The maximum atomic E-state index is 12.4. The van der Waals surface area contributed by atoms with Crippen LogP contribution in [0.1, 0.15) is 30.2 Å². The van der Waals surface area contributed by atoms with Crippen LogP contribution in [0.5, 0.6) is 0 Å². The van der Waals surface area contributed by atoms with Crippen LogP contribution in [-0.2, 0) is 4.79 Å². The molecule has 0 saturated heterocycles. The Kier molecular flexibility index (Phi) is 3.88. The van der Waals surface area contributed by atoms with Crippen molar-refractivity contribution in [2.75, 3.05) is 0 Å². The second kappa shape index (κ2) is 5.98. The number of pyridine rings is 1. The Morgan fingerprint density at radius 3 is 2.77 bits per heavy atom. The molecule has 3 heteroatoms. The van der Waals surface area contributed by atoms with Crippen molar-refractivity contribution in [3.05, 3.63) is 65.5 Å². The summed E-state index contributed by atoms with van der Waals surface area (Å²) in [6, 6.07) is 13.9. The lowest BCUT2D eigenvalue weighted by atomic mass is 9.95. The molecule has 0 radical (unpaired) electrons. The topological polar surface area (TPSA) is 45.8 Å². The molecule has 3 aromatic rings. The van der Waals surface area contributed by atoms with Crippen LogP contribution < -0.4 is 0 Å². The number of carbonyl (C=O) groups is 1. The summed E-state index contributed by atoms with van der Waals surface area (Å²) in [5.74, 6) is 0.140. The van der Waals surface area contributed by atoms with Gasteiger partial charge >= 0.3 is 0 Å². The Hall–Kier alpha value is -2.68. The number of hydrogen-bond donors (Lipinski definition) is 1. The van der Waals surface area contributed by atoms with E-state index in [9.17, 15) is 4.79 Å². The van der Waals surface area contributed by atoms with Gasteiger partial charge in [0.1, 0.15) is 5.65 Å². The van der Waals surface area contributed by atoms with Gasteiger partial charge in [-0.1, -0.05) is 31.2 Å². The second-order valence-electron chi connectivity index (χ2n) is 5.32. The third kappa shape index (κ3) is 2.70. The van der Waals surface area contributed by atoms with Crippen molar-refractivity contribution in [2.24, 2.45) is 0 Å². The number of ketones is 1. The van der Waals surface area contributed by atoms with Crippen molar-refractivity contribution < 1.29 is 4.79 Å². The highest BCUT2D eigenvalue weighted by Crippen LogP contribution is 2.24. The van der Waals surface area contributed by atoms with Crippen molar-refractivity contribution in [1.29, 1.82) is 0 Å². The van der Waals surface area contributed by atoms with E-state index in [0.717, 1.165) is 33.4 Å². The molecule has 0 aliphatic heterocycles. The molecule has 0 fully saturated rings. The third-order valence-corrected chi connectivity index (χ3v) is 3.77. The van der Waals surface area contributed by atoms with Crippen LogP contribution in [0.15, 0.2) is 48.7 Å². The van der Waals surface area contributed by atoms with E-state index in [0.29, 0.717) is 6.42 Å². The van der Waals surface area contributed by atoms with Crippen LogP contribution in [-0.4, -0.2) is 15.8 Å². The van der Waals surface area contributed by atoms with Crippen molar-refractivity contribution in [3.63, 3.8) is 0 Å². The number of H-pyrrole nitrogens is 1. The van der Waals surface area contributed by atoms with Gasteiger partial charge in [0, 0.05) is 29.3 Å². The van der Waals surface area contributed by atoms with Crippen LogP contribution in [0.4, 0.5) is 0 Å². The maximum absolute atomic E-state index is 12.4. The average molecular weight is 290 g/mol. The molecule has 110 valence electrons. The molecule has 0 bridgehead atoms. The van der Waals surface area contributed by atoms with E-state index in [-0.39, 0.29) is 5.78 Å². The molecular formula is C19H18N2O. The number of nitrogens with one attached hydrogen (secondary N) is 1. The molecular weight excluding hydrogens is 272 g/mol. The van der Waals surface area contributed by atoms with Gasteiger partial charge in [-0.3, -0.25) is 4.79 Å². The normalized spacial score (nSPS) is 11.8. The van der Waals surface area contributed by atoms with Crippen molar-refractivity contribution in [3.8, 4) is 0 Å². The molecule has 3 rings (SSSR count). The SMILES string of the molecule is CCC(=O)C(=Cc1cc2cccnc2[nH]1)c1ccccc1C. The standard InChI is InChI=1S/C19H18N2O/c1-3-18(22)17(16-9-5-4-7-13(16)2)12-15-11-14-8-6-10-20-19(14)21-15/h4-12H,3H2,1-2H3,(H,20,21). The van der Waals surface area contributed by atoms with Crippen molar-refractivity contribution in [2.45, 2.75) is 20.3 Å². The molecule has 1 aromatic carbocycles. The molecule has 0 atom stereocenters. The molecule has 22 heavy (non-hydrogen) atoms. The van der Waals surface area contributed by atoms with Gasteiger partial charge in [-0.2, -0.15) is 0 Å². The highest BCUT2D eigenvalue weighted by atomic mass is 16.1. The Morgan fingerprint density at radius 1 is 1.23 bits per heavy atom. The maximum Gasteiger partial charge on any atom is 0.163 e. The lowest BCUT2D eigenvalue weighted by Crippen LogP contribution is -2.01. The van der Waals surface area contributed by atoms with Gasteiger partial charge in [0.2, 0.25) is 0 Å². The quantitative estimate of drug-likeness (QED) is 0.724. The summed E-state index contributed by atoms with van der Waals surface area (Å²) in [5.41, 5.74) is 4.56. The predicted octanol–water partition coefficient (Wildman–Crippen LogP) is 4.39. The largest absolute Gasteiger partial charge is 0.340 e. The van der Waals surface area contributed by atoms with Gasteiger partial charge in [0.05, 0.1) is 0 Å². The summed E-state index contributed by atoms with van der Waals surface area (Å²) >= 11 is 0. The predicted molar refractivity (Wildman–Crippen MR) is 90.4 cm³/mol.